The number of hydrogen-bond donors (Lipinski definition) is 0. The molecule has 0 radical (unpaired) electrons. The second kappa shape index (κ2) is 5.66. The average molecular weight is 317 g/mol. The molecule has 7 heteroatoms. The minimum atomic E-state index is -0.588. The molecule has 0 unspecified atom stereocenters. The number of nitro groups is 1. The number of para-hydroxylation sites is 1. The van der Waals surface area contributed by atoms with Crippen molar-refractivity contribution in [2.24, 2.45) is 7.05 Å². The number of hydrogen-bond acceptors (Lipinski definition) is 5. The van der Waals surface area contributed by atoms with Crippen molar-refractivity contribution in [1.29, 1.82) is 0 Å². The predicted molar refractivity (Wildman–Crippen MR) is 88.1 cm³/mol. The number of ether oxygens (including phenoxy) is 1. The summed E-state index contributed by atoms with van der Waals surface area (Å²) in [7, 11) is 1.56. The van der Waals surface area contributed by atoms with Crippen LogP contribution in [0.3, 0.4) is 0 Å². The van der Waals surface area contributed by atoms with E-state index < -0.39 is 10.5 Å². The Bertz CT molecular complexity index is 820. The zero-order chi connectivity index (χ0) is 16.7. The van der Waals surface area contributed by atoms with Crippen LogP contribution in [0.1, 0.15) is 13.8 Å². The summed E-state index contributed by atoms with van der Waals surface area (Å²) in [5, 5.41) is 12.3. The molecule has 1 aliphatic heterocycles. The van der Waals surface area contributed by atoms with Crippen LogP contribution in [0.2, 0.25) is 0 Å². The third-order valence-electron chi connectivity index (χ3n) is 4.17. The Balaban J connectivity index is 2.33. The Morgan fingerprint density at radius 1 is 1.22 bits per heavy atom. The molecule has 3 rings (SSSR count). The molecule has 0 N–H and O–H groups in total. The summed E-state index contributed by atoms with van der Waals surface area (Å²) in [6.07, 6.45) is -0.109. The van der Waals surface area contributed by atoms with Gasteiger partial charge in [-0.2, -0.15) is 0 Å². The van der Waals surface area contributed by atoms with E-state index in [9.17, 15) is 14.9 Å². The molecule has 2 aromatic rings. The Labute approximate surface area is 133 Å². The molecule has 0 spiro atoms. The van der Waals surface area contributed by atoms with Crippen molar-refractivity contribution >= 4 is 22.3 Å². The summed E-state index contributed by atoms with van der Waals surface area (Å²) in [6.45, 7) is 4.89. The van der Waals surface area contributed by atoms with Crippen LogP contribution in [0, 0.1) is 10.1 Å². The lowest BCUT2D eigenvalue weighted by Gasteiger charge is -2.37. The smallest absolute Gasteiger partial charge is 0.357 e. The second-order valence-electron chi connectivity index (χ2n) is 6.00. The Hall–Kier alpha value is -2.41. The standard InChI is InChI=1S/C16H19N3O4/c1-10-8-18(9-11(2)23-10)14-12-6-4-5-7-13(12)17(3)16(20)15(14)19(21)22/h4-7,10-11H,8-9H2,1-3H3/t10-,11-/m0/s1. The molecule has 23 heavy (non-hydrogen) atoms. The number of morpholine rings is 1. The Morgan fingerprint density at radius 3 is 2.43 bits per heavy atom. The molecule has 1 aliphatic rings. The summed E-state index contributed by atoms with van der Waals surface area (Å²) in [5.74, 6) is 0. The van der Waals surface area contributed by atoms with Crippen LogP contribution < -0.4 is 10.5 Å². The zero-order valence-electron chi connectivity index (χ0n) is 13.4. The number of rotatable bonds is 2. The highest BCUT2D eigenvalue weighted by molar-refractivity contribution is 5.96. The first-order valence-electron chi connectivity index (χ1n) is 7.56. The third-order valence-corrected chi connectivity index (χ3v) is 4.17. The lowest BCUT2D eigenvalue weighted by molar-refractivity contribution is -0.385. The van der Waals surface area contributed by atoms with E-state index in [4.69, 9.17) is 4.74 Å². The van der Waals surface area contributed by atoms with Crippen LogP contribution in [0.5, 0.6) is 0 Å². The molecule has 7 nitrogen and oxygen atoms in total. The summed E-state index contributed by atoms with van der Waals surface area (Å²) < 4.78 is 7.05. The van der Waals surface area contributed by atoms with Crippen molar-refractivity contribution in [2.45, 2.75) is 26.1 Å². The fourth-order valence-electron chi connectivity index (χ4n) is 3.31. The predicted octanol–water partition coefficient (Wildman–Crippen LogP) is 2.06. The summed E-state index contributed by atoms with van der Waals surface area (Å²) in [4.78, 5) is 25.4. The molecule has 1 aromatic carbocycles. The van der Waals surface area contributed by atoms with Crippen molar-refractivity contribution in [2.75, 3.05) is 18.0 Å². The van der Waals surface area contributed by atoms with Gasteiger partial charge in [-0.3, -0.25) is 14.9 Å². The molecule has 2 heterocycles. The highest BCUT2D eigenvalue weighted by Crippen LogP contribution is 2.34. The van der Waals surface area contributed by atoms with Gasteiger partial charge >= 0.3 is 11.2 Å². The first-order chi connectivity index (χ1) is 10.9. The van der Waals surface area contributed by atoms with Gasteiger partial charge in [0.15, 0.2) is 0 Å². The monoisotopic (exact) mass is 317 g/mol. The van der Waals surface area contributed by atoms with Gasteiger partial charge in [0.05, 0.1) is 22.6 Å². The molecule has 122 valence electrons. The van der Waals surface area contributed by atoms with E-state index >= 15 is 0 Å². The van der Waals surface area contributed by atoms with E-state index in [1.54, 1.807) is 13.1 Å². The van der Waals surface area contributed by atoms with E-state index in [0.29, 0.717) is 29.7 Å². The van der Waals surface area contributed by atoms with Gasteiger partial charge in [-0.1, -0.05) is 18.2 Å². The highest BCUT2D eigenvalue weighted by Gasteiger charge is 2.32. The maximum atomic E-state index is 12.5. The molecule has 1 aromatic heterocycles. The van der Waals surface area contributed by atoms with Crippen LogP contribution in [0.4, 0.5) is 11.4 Å². The van der Waals surface area contributed by atoms with Crippen LogP contribution in [-0.4, -0.2) is 34.8 Å². The van der Waals surface area contributed by atoms with Gasteiger partial charge in [0, 0.05) is 25.5 Å². The van der Waals surface area contributed by atoms with Crippen molar-refractivity contribution in [3.05, 3.63) is 44.7 Å². The van der Waals surface area contributed by atoms with E-state index in [0.717, 1.165) is 0 Å². The normalized spacial score (nSPS) is 21.6. The molecule has 1 saturated heterocycles. The first-order valence-corrected chi connectivity index (χ1v) is 7.56. The largest absolute Gasteiger partial charge is 0.372 e. The van der Waals surface area contributed by atoms with E-state index in [1.807, 2.05) is 36.9 Å². The second-order valence-corrected chi connectivity index (χ2v) is 6.00. The molecule has 0 saturated carbocycles. The Morgan fingerprint density at radius 2 is 1.83 bits per heavy atom. The molecule has 0 aliphatic carbocycles. The van der Waals surface area contributed by atoms with Crippen molar-refractivity contribution in [3.8, 4) is 0 Å². The van der Waals surface area contributed by atoms with E-state index in [2.05, 4.69) is 0 Å². The van der Waals surface area contributed by atoms with Crippen LogP contribution in [0.15, 0.2) is 29.1 Å². The highest BCUT2D eigenvalue weighted by atomic mass is 16.6. The van der Waals surface area contributed by atoms with Crippen molar-refractivity contribution < 1.29 is 9.66 Å². The summed E-state index contributed by atoms with van der Waals surface area (Å²) in [6, 6.07) is 7.27. The van der Waals surface area contributed by atoms with Crippen LogP contribution >= 0.6 is 0 Å². The van der Waals surface area contributed by atoms with Crippen molar-refractivity contribution in [3.63, 3.8) is 0 Å². The third kappa shape index (κ3) is 2.57. The number of anilines is 1. The van der Waals surface area contributed by atoms with Crippen LogP contribution in [0.25, 0.3) is 10.9 Å². The van der Waals surface area contributed by atoms with Gasteiger partial charge in [-0.15, -0.1) is 0 Å². The number of nitrogens with zero attached hydrogens (tertiary/aromatic N) is 3. The average Bonchev–Trinajstić information content (AvgIpc) is 2.49. The zero-order valence-corrected chi connectivity index (χ0v) is 13.4. The minimum absolute atomic E-state index is 0.0545. The number of benzene rings is 1. The number of aromatic nitrogens is 1. The minimum Gasteiger partial charge on any atom is -0.372 e. The molecular weight excluding hydrogens is 298 g/mol. The molecule has 0 amide bonds. The van der Waals surface area contributed by atoms with Crippen LogP contribution in [-0.2, 0) is 11.8 Å². The van der Waals surface area contributed by atoms with Gasteiger partial charge in [0.25, 0.3) is 0 Å². The summed E-state index contributed by atoms with van der Waals surface area (Å²) in [5.41, 5.74) is 0.128. The van der Waals surface area contributed by atoms with Gasteiger partial charge in [-0.25, -0.2) is 0 Å². The topological polar surface area (TPSA) is 77.6 Å². The van der Waals surface area contributed by atoms with Gasteiger partial charge < -0.3 is 14.2 Å². The van der Waals surface area contributed by atoms with Gasteiger partial charge in [0.2, 0.25) is 0 Å². The maximum absolute atomic E-state index is 12.5. The lowest BCUT2D eigenvalue weighted by Crippen LogP contribution is -2.46. The number of pyridine rings is 1. The quantitative estimate of drug-likeness (QED) is 0.626. The number of fused-ring (bicyclic) bond motifs is 1. The van der Waals surface area contributed by atoms with E-state index in [1.165, 1.54) is 4.57 Å². The fourth-order valence-corrected chi connectivity index (χ4v) is 3.31. The molecular formula is C16H19N3O4. The van der Waals surface area contributed by atoms with Gasteiger partial charge in [0.1, 0.15) is 5.69 Å². The summed E-state index contributed by atoms with van der Waals surface area (Å²) >= 11 is 0. The Kier molecular flexibility index (Phi) is 3.81. The SMILES string of the molecule is C[C@H]1CN(c2c([N+](=O)[O-])c(=O)n(C)c3ccccc23)C[C@H](C)O1. The van der Waals surface area contributed by atoms with E-state index in [-0.39, 0.29) is 17.9 Å². The number of aryl methyl sites for hydroxylation is 1. The lowest BCUT2D eigenvalue weighted by atomic mass is 10.1. The van der Waals surface area contributed by atoms with Crippen molar-refractivity contribution in [1.82, 2.24) is 4.57 Å². The van der Waals surface area contributed by atoms with Gasteiger partial charge in [-0.05, 0) is 19.9 Å². The molecule has 2 atom stereocenters. The molecule has 0 bridgehead atoms. The maximum Gasteiger partial charge on any atom is 0.357 e. The first kappa shape index (κ1) is 15.5. The fraction of sp³-hybridized carbons (Fsp3) is 0.438. The molecule has 1 fully saturated rings.